The van der Waals surface area contributed by atoms with Gasteiger partial charge in [0.2, 0.25) is 5.91 Å². The fraction of sp³-hybridized carbons (Fsp3) is 0.600. The smallest absolute Gasteiger partial charge is 0.240 e. The minimum atomic E-state index is 0.0252. The number of carbonyl (C=O) groups excluding carboxylic acids is 1. The third-order valence-electron chi connectivity index (χ3n) is 3.96. The van der Waals surface area contributed by atoms with Gasteiger partial charge in [-0.3, -0.25) is 4.79 Å². The zero-order chi connectivity index (χ0) is 16.6. The van der Waals surface area contributed by atoms with Gasteiger partial charge in [-0.25, -0.2) is 5.43 Å². The second-order valence-corrected chi connectivity index (χ2v) is 6.11. The molecule has 1 N–H and O–H groups in total. The minimum absolute atomic E-state index is 0.0252. The predicted octanol–water partition coefficient (Wildman–Crippen LogP) is 5.25. The molecule has 0 aliphatic heterocycles. The molecule has 0 aliphatic rings. The number of unbranched alkanes of at least 4 members (excludes halogenated alkanes) is 8. The van der Waals surface area contributed by atoms with Crippen molar-refractivity contribution in [3.8, 4) is 0 Å². The maximum Gasteiger partial charge on any atom is 0.240 e. The molecule has 1 amide bonds. The summed E-state index contributed by atoms with van der Waals surface area (Å²) in [4.78, 5) is 11.6. The average Bonchev–Trinajstić information content (AvgIpc) is 2.58. The highest BCUT2D eigenvalue weighted by atomic mass is 16.2. The van der Waals surface area contributed by atoms with Crippen LogP contribution in [0.3, 0.4) is 0 Å². The van der Waals surface area contributed by atoms with Gasteiger partial charge in [-0.05, 0) is 12.0 Å². The molecule has 0 unspecified atom stereocenters. The number of benzene rings is 1. The maximum absolute atomic E-state index is 11.6. The van der Waals surface area contributed by atoms with Crippen molar-refractivity contribution in [2.45, 2.75) is 77.6 Å². The molecule has 0 fully saturated rings. The highest BCUT2D eigenvalue weighted by Crippen LogP contribution is 2.10. The van der Waals surface area contributed by atoms with Gasteiger partial charge >= 0.3 is 0 Å². The van der Waals surface area contributed by atoms with Crippen molar-refractivity contribution in [1.29, 1.82) is 0 Å². The number of hydrazone groups is 1. The lowest BCUT2D eigenvalue weighted by atomic mass is 10.1. The van der Waals surface area contributed by atoms with E-state index in [2.05, 4.69) is 29.6 Å². The van der Waals surface area contributed by atoms with Gasteiger partial charge in [0.15, 0.2) is 0 Å². The summed E-state index contributed by atoms with van der Waals surface area (Å²) in [5.74, 6) is 0.0252. The Labute approximate surface area is 141 Å². The molecule has 0 radical (unpaired) electrons. The van der Waals surface area contributed by atoms with Crippen LogP contribution in [0.1, 0.15) is 76.7 Å². The van der Waals surface area contributed by atoms with E-state index in [1.807, 2.05) is 18.2 Å². The quantitative estimate of drug-likeness (QED) is 0.301. The van der Waals surface area contributed by atoms with Crippen LogP contribution in [0, 0.1) is 0 Å². The molecule has 0 atom stereocenters. The van der Waals surface area contributed by atoms with Crippen molar-refractivity contribution in [3.63, 3.8) is 0 Å². The Balaban J connectivity index is 1.92. The monoisotopic (exact) mass is 316 g/mol. The number of amides is 1. The summed E-state index contributed by atoms with van der Waals surface area (Å²) in [5, 5.41) is 4.00. The third kappa shape index (κ3) is 11.6. The number of nitrogens with one attached hydrogen (secondary N) is 1. The fourth-order valence-corrected chi connectivity index (χ4v) is 2.53. The molecule has 0 saturated heterocycles. The van der Waals surface area contributed by atoms with Crippen molar-refractivity contribution in [2.75, 3.05) is 0 Å². The Hall–Kier alpha value is -1.64. The molecule has 3 heteroatoms. The summed E-state index contributed by atoms with van der Waals surface area (Å²) < 4.78 is 0. The average molecular weight is 316 g/mol. The van der Waals surface area contributed by atoms with Crippen LogP contribution in [0.4, 0.5) is 0 Å². The van der Waals surface area contributed by atoms with Gasteiger partial charge in [-0.15, -0.1) is 0 Å². The fourth-order valence-electron chi connectivity index (χ4n) is 2.53. The van der Waals surface area contributed by atoms with Gasteiger partial charge in [0.25, 0.3) is 0 Å². The zero-order valence-corrected chi connectivity index (χ0v) is 14.6. The van der Waals surface area contributed by atoms with E-state index < -0.39 is 0 Å². The minimum Gasteiger partial charge on any atom is -0.273 e. The lowest BCUT2D eigenvalue weighted by Gasteiger charge is -2.02. The first-order valence-electron chi connectivity index (χ1n) is 9.17. The summed E-state index contributed by atoms with van der Waals surface area (Å²) >= 11 is 0. The van der Waals surface area contributed by atoms with Crippen molar-refractivity contribution in [1.82, 2.24) is 5.43 Å². The molecular weight excluding hydrogens is 284 g/mol. The molecule has 0 saturated carbocycles. The molecular formula is C20H32N2O. The largest absolute Gasteiger partial charge is 0.273 e. The first-order chi connectivity index (χ1) is 11.3. The number of hydrogen-bond donors (Lipinski definition) is 1. The van der Waals surface area contributed by atoms with E-state index in [9.17, 15) is 4.79 Å². The second kappa shape index (κ2) is 14.0. The summed E-state index contributed by atoms with van der Waals surface area (Å²) in [5.41, 5.74) is 3.81. The lowest BCUT2D eigenvalue weighted by Crippen LogP contribution is -2.17. The Bertz CT molecular complexity index is 429. The Morgan fingerprint density at radius 1 is 0.957 bits per heavy atom. The molecule has 0 aliphatic carbocycles. The van der Waals surface area contributed by atoms with E-state index in [-0.39, 0.29) is 5.91 Å². The van der Waals surface area contributed by atoms with Crippen molar-refractivity contribution >= 4 is 12.1 Å². The van der Waals surface area contributed by atoms with Crippen molar-refractivity contribution < 1.29 is 4.79 Å². The lowest BCUT2D eigenvalue weighted by molar-refractivity contribution is -0.121. The van der Waals surface area contributed by atoms with Crippen LogP contribution >= 0.6 is 0 Å². The van der Waals surface area contributed by atoms with Crippen LogP contribution in [-0.4, -0.2) is 12.1 Å². The maximum atomic E-state index is 11.6. The summed E-state index contributed by atoms with van der Waals surface area (Å²) in [7, 11) is 0. The SMILES string of the molecule is CCCCCCCCCCCC(=O)N/N=C/Cc1ccccc1. The zero-order valence-electron chi connectivity index (χ0n) is 14.6. The molecule has 0 spiro atoms. The number of hydrogen-bond acceptors (Lipinski definition) is 2. The Morgan fingerprint density at radius 2 is 1.57 bits per heavy atom. The van der Waals surface area contributed by atoms with E-state index in [0.717, 1.165) is 19.3 Å². The van der Waals surface area contributed by atoms with Crippen LogP contribution in [0.2, 0.25) is 0 Å². The standard InChI is InChI=1S/C20H32N2O/c1-2-3-4-5-6-7-8-9-13-16-20(23)22-21-18-17-19-14-11-10-12-15-19/h10-12,14-15,18H,2-9,13,16-17H2,1H3,(H,22,23)/b21-18+. The first kappa shape index (κ1) is 19.4. The van der Waals surface area contributed by atoms with Gasteiger partial charge < -0.3 is 0 Å². The molecule has 1 aromatic rings. The normalized spacial score (nSPS) is 11.0. The number of nitrogens with zero attached hydrogens (tertiary/aromatic N) is 1. The topological polar surface area (TPSA) is 41.5 Å². The molecule has 23 heavy (non-hydrogen) atoms. The summed E-state index contributed by atoms with van der Waals surface area (Å²) in [6.07, 6.45) is 14.5. The highest BCUT2D eigenvalue weighted by molar-refractivity contribution is 5.76. The van der Waals surface area contributed by atoms with E-state index in [0.29, 0.717) is 6.42 Å². The van der Waals surface area contributed by atoms with E-state index in [1.54, 1.807) is 6.21 Å². The number of rotatable bonds is 13. The van der Waals surface area contributed by atoms with Crippen LogP contribution in [0.5, 0.6) is 0 Å². The van der Waals surface area contributed by atoms with Crippen LogP contribution in [-0.2, 0) is 11.2 Å². The van der Waals surface area contributed by atoms with Gasteiger partial charge in [0, 0.05) is 19.1 Å². The van der Waals surface area contributed by atoms with E-state index in [1.165, 1.54) is 50.5 Å². The van der Waals surface area contributed by atoms with Gasteiger partial charge in [0.1, 0.15) is 0 Å². The van der Waals surface area contributed by atoms with Gasteiger partial charge in [-0.1, -0.05) is 88.6 Å². The Morgan fingerprint density at radius 3 is 2.22 bits per heavy atom. The molecule has 0 aromatic heterocycles. The molecule has 1 rings (SSSR count). The molecule has 3 nitrogen and oxygen atoms in total. The van der Waals surface area contributed by atoms with Gasteiger partial charge in [0.05, 0.1) is 0 Å². The molecule has 1 aromatic carbocycles. The van der Waals surface area contributed by atoms with Crippen LogP contribution in [0.25, 0.3) is 0 Å². The van der Waals surface area contributed by atoms with E-state index in [4.69, 9.17) is 0 Å². The molecule has 0 bridgehead atoms. The van der Waals surface area contributed by atoms with Crippen molar-refractivity contribution in [3.05, 3.63) is 35.9 Å². The number of carbonyl (C=O) groups is 1. The Kier molecular flexibility index (Phi) is 11.8. The summed E-state index contributed by atoms with van der Waals surface area (Å²) in [6, 6.07) is 10.1. The predicted molar refractivity (Wildman–Crippen MR) is 98.6 cm³/mol. The van der Waals surface area contributed by atoms with E-state index >= 15 is 0 Å². The third-order valence-corrected chi connectivity index (χ3v) is 3.96. The molecule has 128 valence electrons. The van der Waals surface area contributed by atoms with Crippen LogP contribution in [0.15, 0.2) is 35.4 Å². The van der Waals surface area contributed by atoms with Gasteiger partial charge in [-0.2, -0.15) is 5.10 Å². The second-order valence-electron chi connectivity index (χ2n) is 6.11. The molecule has 0 heterocycles. The summed E-state index contributed by atoms with van der Waals surface area (Å²) in [6.45, 7) is 2.25. The highest BCUT2D eigenvalue weighted by Gasteiger charge is 1.99. The van der Waals surface area contributed by atoms with Crippen LogP contribution < -0.4 is 5.43 Å². The van der Waals surface area contributed by atoms with Crippen molar-refractivity contribution in [2.24, 2.45) is 5.10 Å². The first-order valence-corrected chi connectivity index (χ1v) is 9.17.